The highest BCUT2D eigenvalue weighted by atomic mass is 32.2. The Morgan fingerprint density at radius 2 is 2.12 bits per heavy atom. The van der Waals surface area contributed by atoms with Crippen molar-refractivity contribution in [1.82, 2.24) is 4.41 Å². The number of nitrogens with zero attached hydrogens (tertiary/aromatic N) is 2. The number of carbonyl (C=O) groups excluding carboxylic acids is 1. The van der Waals surface area contributed by atoms with Gasteiger partial charge in [-0.2, -0.15) is 9.52 Å². The summed E-state index contributed by atoms with van der Waals surface area (Å²) in [5.41, 5.74) is 2.01. The lowest BCUT2D eigenvalue weighted by Gasteiger charge is -2.18. The van der Waals surface area contributed by atoms with Crippen molar-refractivity contribution in [2.45, 2.75) is 19.4 Å². The molecule has 0 fully saturated rings. The van der Waals surface area contributed by atoms with E-state index in [2.05, 4.69) is 10.4 Å². The van der Waals surface area contributed by atoms with E-state index in [4.69, 9.17) is 4.42 Å². The van der Waals surface area contributed by atoms with Crippen LogP contribution in [-0.2, 0) is 14.8 Å². The Morgan fingerprint density at radius 1 is 1.33 bits per heavy atom. The normalized spacial score (nSPS) is 17.7. The van der Waals surface area contributed by atoms with Crippen LogP contribution in [0.2, 0.25) is 0 Å². The van der Waals surface area contributed by atoms with E-state index in [0.29, 0.717) is 23.6 Å². The Bertz CT molecular complexity index is 888. The highest BCUT2D eigenvalue weighted by molar-refractivity contribution is 7.88. The lowest BCUT2D eigenvalue weighted by molar-refractivity contribution is -0.114. The van der Waals surface area contributed by atoms with Gasteiger partial charge in [-0.1, -0.05) is 12.1 Å². The number of hydrazone groups is 1. The van der Waals surface area contributed by atoms with Crippen molar-refractivity contribution >= 4 is 27.3 Å². The third-order valence-corrected chi connectivity index (χ3v) is 4.62. The first-order valence-electron chi connectivity index (χ1n) is 7.33. The van der Waals surface area contributed by atoms with Crippen LogP contribution < -0.4 is 5.32 Å². The summed E-state index contributed by atoms with van der Waals surface area (Å²) in [7, 11) is -3.53. The molecule has 0 spiro atoms. The topological polar surface area (TPSA) is 92.0 Å². The van der Waals surface area contributed by atoms with E-state index >= 15 is 0 Å². The van der Waals surface area contributed by atoms with Crippen LogP contribution in [0.1, 0.15) is 30.7 Å². The SMILES string of the molecule is CC(=O)Nc1cccc(C2=NN(S(C)(=O)=O)[C@H](c3ccco3)C2)c1. The maximum Gasteiger partial charge on any atom is 0.247 e. The molecule has 126 valence electrons. The molecule has 0 unspecified atom stereocenters. The molecule has 1 aliphatic heterocycles. The van der Waals surface area contributed by atoms with E-state index in [1.165, 1.54) is 13.2 Å². The Hall–Kier alpha value is -2.61. The van der Waals surface area contributed by atoms with Gasteiger partial charge in [0.2, 0.25) is 15.9 Å². The van der Waals surface area contributed by atoms with Gasteiger partial charge in [-0.05, 0) is 29.8 Å². The fourth-order valence-electron chi connectivity index (χ4n) is 2.64. The predicted molar refractivity (Wildman–Crippen MR) is 90.0 cm³/mol. The van der Waals surface area contributed by atoms with Gasteiger partial charge in [0, 0.05) is 19.0 Å². The van der Waals surface area contributed by atoms with Gasteiger partial charge < -0.3 is 9.73 Å². The summed E-state index contributed by atoms with van der Waals surface area (Å²) in [5.74, 6) is 0.365. The second-order valence-electron chi connectivity index (χ2n) is 5.58. The molecule has 0 saturated heterocycles. The molecule has 2 heterocycles. The number of carbonyl (C=O) groups is 1. The van der Waals surface area contributed by atoms with E-state index in [9.17, 15) is 13.2 Å². The number of furan rings is 1. The van der Waals surface area contributed by atoms with Crippen LogP contribution in [0.5, 0.6) is 0 Å². The Kier molecular flexibility index (Phi) is 4.15. The number of rotatable bonds is 4. The molecule has 3 rings (SSSR count). The first-order valence-corrected chi connectivity index (χ1v) is 9.18. The molecular weight excluding hydrogens is 330 g/mol. The fraction of sp³-hybridized carbons (Fsp3) is 0.250. The smallest absolute Gasteiger partial charge is 0.247 e. The fourth-order valence-corrected chi connectivity index (χ4v) is 3.53. The minimum absolute atomic E-state index is 0.174. The van der Waals surface area contributed by atoms with Crippen molar-refractivity contribution in [2.24, 2.45) is 5.10 Å². The van der Waals surface area contributed by atoms with Gasteiger partial charge in [-0.15, -0.1) is 0 Å². The number of sulfonamides is 1. The van der Waals surface area contributed by atoms with Crippen molar-refractivity contribution in [3.63, 3.8) is 0 Å². The summed E-state index contributed by atoms with van der Waals surface area (Å²) in [6.45, 7) is 1.43. The van der Waals surface area contributed by atoms with Crippen LogP contribution in [0.25, 0.3) is 0 Å². The zero-order valence-corrected chi connectivity index (χ0v) is 14.1. The zero-order chi connectivity index (χ0) is 17.3. The van der Waals surface area contributed by atoms with Crippen LogP contribution in [0.3, 0.4) is 0 Å². The molecule has 0 bridgehead atoms. The summed E-state index contributed by atoms with van der Waals surface area (Å²) in [4.78, 5) is 11.2. The molecule has 24 heavy (non-hydrogen) atoms. The van der Waals surface area contributed by atoms with Crippen LogP contribution in [0.4, 0.5) is 5.69 Å². The molecule has 7 nitrogen and oxygen atoms in total. The third-order valence-electron chi connectivity index (χ3n) is 3.60. The maximum absolute atomic E-state index is 12.0. The molecular formula is C16H17N3O4S. The van der Waals surface area contributed by atoms with Crippen molar-refractivity contribution in [2.75, 3.05) is 11.6 Å². The van der Waals surface area contributed by atoms with E-state index in [1.807, 2.05) is 6.07 Å². The summed E-state index contributed by atoms with van der Waals surface area (Å²) in [5, 5.41) is 6.98. The molecule has 1 aromatic heterocycles. The number of hydrogen-bond donors (Lipinski definition) is 1. The summed E-state index contributed by atoms with van der Waals surface area (Å²) < 4.78 is 30.5. The molecule has 0 aliphatic carbocycles. The molecule has 1 amide bonds. The van der Waals surface area contributed by atoms with Crippen molar-refractivity contribution in [3.05, 3.63) is 54.0 Å². The minimum atomic E-state index is -3.53. The summed E-state index contributed by atoms with van der Waals surface area (Å²) >= 11 is 0. The minimum Gasteiger partial charge on any atom is -0.467 e. The third kappa shape index (κ3) is 3.33. The molecule has 1 aromatic carbocycles. The first-order chi connectivity index (χ1) is 11.3. The number of anilines is 1. The van der Waals surface area contributed by atoms with E-state index in [-0.39, 0.29) is 5.91 Å². The second-order valence-corrected chi connectivity index (χ2v) is 7.42. The standard InChI is InChI=1S/C16H17N3O4S/c1-11(20)17-13-6-3-5-12(9-13)14-10-15(16-7-4-8-23-16)19(18-14)24(2,21)22/h3-9,15H,10H2,1-2H3,(H,17,20)/t15-/m0/s1. The highest BCUT2D eigenvalue weighted by Gasteiger charge is 2.36. The molecule has 8 heteroatoms. The second kappa shape index (κ2) is 6.12. The summed E-state index contributed by atoms with van der Waals surface area (Å²) in [6.07, 6.45) is 3.01. The van der Waals surface area contributed by atoms with E-state index in [1.54, 1.807) is 30.3 Å². The van der Waals surface area contributed by atoms with Crippen molar-refractivity contribution in [3.8, 4) is 0 Å². The average molecular weight is 347 g/mol. The monoisotopic (exact) mass is 347 g/mol. The zero-order valence-electron chi connectivity index (χ0n) is 13.3. The van der Waals surface area contributed by atoms with Gasteiger partial charge in [0.1, 0.15) is 11.8 Å². The van der Waals surface area contributed by atoms with Gasteiger partial charge in [0.05, 0.1) is 18.2 Å². The summed E-state index contributed by atoms with van der Waals surface area (Å²) in [6, 6.07) is 10.1. The predicted octanol–water partition coefficient (Wildman–Crippen LogP) is 2.35. The lowest BCUT2D eigenvalue weighted by Crippen LogP contribution is -2.25. The van der Waals surface area contributed by atoms with Gasteiger partial charge >= 0.3 is 0 Å². The number of hydrogen-bond acceptors (Lipinski definition) is 5. The molecule has 0 radical (unpaired) electrons. The van der Waals surface area contributed by atoms with Gasteiger partial charge in [-0.3, -0.25) is 4.79 Å². The number of benzene rings is 1. The van der Waals surface area contributed by atoms with E-state index in [0.717, 1.165) is 16.2 Å². The van der Waals surface area contributed by atoms with Crippen molar-refractivity contribution < 1.29 is 17.6 Å². The largest absolute Gasteiger partial charge is 0.467 e. The van der Waals surface area contributed by atoms with Crippen LogP contribution in [0, 0.1) is 0 Å². The number of amides is 1. The van der Waals surface area contributed by atoms with Crippen molar-refractivity contribution in [1.29, 1.82) is 0 Å². The Labute approximate surface area is 140 Å². The lowest BCUT2D eigenvalue weighted by atomic mass is 10.0. The molecule has 2 aromatic rings. The molecule has 0 saturated carbocycles. The van der Waals surface area contributed by atoms with Crippen LogP contribution >= 0.6 is 0 Å². The average Bonchev–Trinajstić information content (AvgIpc) is 3.15. The van der Waals surface area contributed by atoms with Crippen LogP contribution in [0.15, 0.2) is 52.2 Å². The van der Waals surface area contributed by atoms with Gasteiger partial charge in [0.25, 0.3) is 0 Å². The molecule has 1 aliphatic rings. The quantitative estimate of drug-likeness (QED) is 0.919. The number of nitrogens with one attached hydrogen (secondary N) is 1. The first kappa shape index (κ1) is 16.3. The molecule has 1 atom stereocenters. The Balaban J connectivity index is 1.96. The van der Waals surface area contributed by atoms with Gasteiger partial charge in [0.15, 0.2) is 0 Å². The van der Waals surface area contributed by atoms with Gasteiger partial charge in [-0.25, -0.2) is 8.42 Å². The van der Waals surface area contributed by atoms with Crippen LogP contribution in [-0.4, -0.2) is 30.7 Å². The Morgan fingerprint density at radius 3 is 2.75 bits per heavy atom. The maximum atomic E-state index is 12.0. The highest BCUT2D eigenvalue weighted by Crippen LogP contribution is 2.35. The molecule has 1 N–H and O–H groups in total. The van der Waals surface area contributed by atoms with E-state index < -0.39 is 16.1 Å².